The van der Waals surface area contributed by atoms with E-state index < -0.39 is 13.4 Å². The standard InChI is InChI=1S/C8H19O4P/c1-5-7(3)8(4,6-2)12-13(9,10)11/h7H,5-6H2,1-4H3,(H2,9,10,11). The van der Waals surface area contributed by atoms with Gasteiger partial charge in [-0.3, -0.25) is 4.52 Å². The van der Waals surface area contributed by atoms with E-state index in [0.717, 1.165) is 6.42 Å². The van der Waals surface area contributed by atoms with Crippen LogP contribution < -0.4 is 0 Å². The smallest absolute Gasteiger partial charge is 0.303 e. The van der Waals surface area contributed by atoms with Crippen LogP contribution in [0.15, 0.2) is 0 Å². The molecule has 80 valence electrons. The highest BCUT2D eigenvalue weighted by Crippen LogP contribution is 2.45. The van der Waals surface area contributed by atoms with Crippen LogP contribution in [0.5, 0.6) is 0 Å². The molecule has 0 spiro atoms. The molecular formula is C8H19O4P. The van der Waals surface area contributed by atoms with E-state index in [-0.39, 0.29) is 5.92 Å². The minimum atomic E-state index is -4.37. The monoisotopic (exact) mass is 210 g/mol. The van der Waals surface area contributed by atoms with Crippen molar-refractivity contribution in [3.05, 3.63) is 0 Å². The fourth-order valence-electron chi connectivity index (χ4n) is 1.21. The highest BCUT2D eigenvalue weighted by molar-refractivity contribution is 7.46. The van der Waals surface area contributed by atoms with Crippen LogP contribution in [0.4, 0.5) is 0 Å². The minimum absolute atomic E-state index is 0.130. The van der Waals surface area contributed by atoms with Crippen molar-refractivity contribution in [1.29, 1.82) is 0 Å². The molecule has 0 saturated heterocycles. The molecule has 0 aromatic carbocycles. The van der Waals surface area contributed by atoms with Crippen LogP contribution in [0, 0.1) is 5.92 Å². The molecule has 0 fully saturated rings. The van der Waals surface area contributed by atoms with E-state index in [1.54, 1.807) is 6.92 Å². The molecule has 0 heterocycles. The molecule has 0 aliphatic rings. The lowest BCUT2D eigenvalue weighted by atomic mass is 9.87. The molecule has 0 amide bonds. The molecule has 0 radical (unpaired) electrons. The predicted molar refractivity (Wildman–Crippen MR) is 51.3 cm³/mol. The van der Waals surface area contributed by atoms with E-state index in [1.807, 2.05) is 20.8 Å². The molecule has 2 atom stereocenters. The zero-order chi connectivity index (χ0) is 10.7. The third kappa shape index (κ3) is 4.23. The minimum Gasteiger partial charge on any atom is -0.303 e. The molecule has 0 aliphatic carbocycles. The predicted octanol–water partition coefficient (Wildman–Crippen LogP) is 2.31. The Morgan fingerprint density at radius 3 is 2.15 bits per heavy atom. The van der Waals surface area contributed by atoms with Gasteiger partial charge in [-0.05, 0) is 19.3 Å². The molecule has 0 aromatic heterocycles. The lowest BCUT2D eigenvalue weighted by molar-refractivity contribution is 0.000314. The lowest BCUT2D eigenvalue weighted by Gasteiger charge is -2.34. The molecule has 13 heavy (non-hydrogen) atoms. The number of rotatable bonds is 5. The second-order valence-electron chi connectivity index (χ2n) is 3.56. The van der Waals surface area contributed by atoms with Gasteiger partial charge in [0.2, 0.25) is 0 Å². The largest absolute Gasteiger partial charge is 0.470 e. The Kier molecular flexibility index (Phi) is 4.60. The zero-order valence-electron chi connectivity index (χ0n) is 8.65. The summed E-state index contributed by atoms with van der Waals surface area (Å²) >= 11 is 0. The van der Waals surface area contributed by atoms with Gasteiger partial charge in [-0.2, -0.15) is 0 Å². The molecule has 0 rings (SSSR count). The molecule has 0 saturated carbocycles. The fraction of sp³-hybridized carbons (Fsp3) is 1.00. The van der Waals surface area contributed by atoms with Gasteiger partial charge in [-0.1, -0.05) is 27.2 Å². The average Bonchev–Trinajstić information content (AvgIpc) is 1.99. The van der Waals surface area contributed by atoms with Crippen molar-refractivity contribution in [2.75, 3.05) is 0 Å². The van der Waals surface area contributed by atoms with E-state index in [0.29, 0.717) is 6.42 Å². The maximum Gasteiger partial charge on any atom is 0.470 e. The summed E-state index contributed by atoms with van der Waals surface area (Å²) in [7, 11) is -4.37. The average molecular weight is 210 g/mol. The molecule has 5 heteroatoms. The maximum atomic E-state index is 10.7. The van der Waals surface area contributed by atoms with E-state index in [1.165, 1.54) is 0 Å². The third-order valence-corrected chi connectivity index (χ3v) is 3.34. The van der Waals surface area contributed by atoms with Crippen LogP contribution in [0.1, 0.15) is 40.5 Å². The first-order valence-electron chi connectivity index (χ1n) is 4.51. The SMILES string of the molecule is CCC(C)C(C)(CC)OP(=O)(O)O. The Morgan fingerprint density at radius 2 is 1.92 bits per heavy atom. The first-order valence-corrected chi connectivity index (χ1v) is 6.04. The van der Waals surface area contributed by atoms with E-state index >= 15 is 0 Å². The Hall–Kier alpha value is 0.110. The summed E-state index contributed by atoms with van der Waals surface area (Å²) in [5, 5.41) is 0. The fourth-order valence-corrected chi connectivity index (χ4v) is 2.06. The van der Waals surface area contributed by atoms with Crippen LogP contribution in [-0.2, 0) is 9.09 Å². The highest BCUT2D eigenvalue weighted by Gasteiger charge is 2.35. The van der Waals surface area contributed by atoms with Crippen molar-refractivity contribution in [3.63, 3.8) is 0 Å². The van der Waals surface area contributed by atoms with E-state index in [4.69, 9.17) is 14.3 Å². The summed E-state index contributed by atoms with van der Waals surface area (Å²) < 4.78 is 15.5. The number of phosphoric ester groups is 1. The Labute approximate surface area is 79.5 Å². The normalized spacial score (nSPS) is 19.5. The molecule has 2 N–H and O–H groups in total. The Morgan fingerprint density at radius 1 is 1.46 bits per heavy atom. The zero-order valence-corrected chi connectivity index (χ0v) is 9.54. The van der Waals surface area contributed by atoms with Gasteiger partial charge >= 0.3 is 7.82 Å². The summed E-state index contributed by atoms with van der Waals surface area (Å²) in [5.41, 5.74) is -0.728. The highest BCUT2D eigenvalue weighted by atomic mass is 31.2. The van der Waals surface area contributed by atoms with Crippen LogP contribution in [0.2, 0.25) is 0 Å². The summed E-state index contributed by atoms with van der Waals surface area (Å²) in [6.07, 6.45) is 1.43. The summed E-state index contributed by atoms with van der Waals surface area (Å²) in [6, 6.07) is 0. The van der Waals surface area contributed by atoms with Crippen molar-refractivity contribution in [2.24, 2.45) is 5.92 Å². The molecule has 4 nitrogen and oxygen atoms in total. The number of hydrogen-bond acceptors (Lipinski definition) is 2. The maximum absolute atomic E-state index is 10.7. The van der Waals surface area contributed by atoms with Crippen LogP contribution in [0.25, 0.3) is 0 Å². The quantitative estimate of drug-likeness (QED) is 0.683. The molecule has 0 aromatic rings. The first kappa shape index (κ1) is 13.1. The molecule has 0 aliphatic heterocycles. The van der Waals surface area contributed by atoms with Gasteiger partial charge in [0.25, 0.3) is 0 Å². The first-order chi connectivity index (χ1) is 5.75. The summed E-state index contributed by atoms with van der Waals surface area (Å²) in [4.78, 5) is 17.4. The summed E-state index contributed by atoms with van der Waals surface area (Å²) in [5.74, 6) is 0.130. The summed E-state index contributed by atoms with van der Waals surface area (Å²) in [6.45, 7) is 7.50. The van der Waals surface area contributed by atoms with Gasteiger partial charge in [0.05, 0.1) is 5.60 Å². The number of phosphoric acid groups is 1. The van der Waals surface area contributed by atoms with Crippen LogP contribution in [-0.4, -0.2) is 15.4 Å². The molecule has 0 bridgehead atoms. The van der Waals surface area contributed by atoms with Gasteiger partial charge in [-0.15, -0.1) is 0 Å². The second kappa shape index (κ2) is 4.56. The van der Waals surface area contributed by atoms with E-state index in [2.05, 4.69) is 0 Å². The van der Waals surface area contributed by atoms with Gasteiger partial charge in [-0.25, -0.2) is 4.57 Å². The van der Waals surface area contributed by atoms with E-state index in [9.17, 15) is 4.57 Å². The van der Waals surface area contributed by atoms with Crippen LogP contribution in [0.3, 0.4) is 0 Å². The topological polar surface area (TPSA) is 66.8 Å². The van der Waals surface area contributed by atoms with Gasteiger partial charge in [0, 0.05) is 0 Å². The van der Waals surface area contributed by atoms with Crippen molar-refractivity contribution in [2.45, 2.75) is 46.1 Å². The second-order valence-corrected chi connectivity index (χ2v) is 4.72. The van der Waals surface area contributed by atoms with Gasteiger partial charge in [0.1, 0.15) is 0 Å². The van der Waals surface area contributed by atoms with Crippen molar-refractivity contribution >= 4 is 7.82 Å². The Balaban J connectivity index is 4.55. The molecule has 2 unspecified atom stereocenters. The molecular weight excluding hydrogens is 191 g/mol. The van der Waals surface area contributed by atoms with Crippen molar-refractivity contribution in [1.82, 2.24) is 0 Å². The van der Waals surface area contributed by atoms with Crippen molar-refractivity contribution < 1.29 is 18.9 Å². The Bertz CT molecular complexity index is 200. The van der Waals surface area contributed by atoms with Gasteiger partial charge in [0.15, 0.2) is 0 Å². The van der Waals surface area contributed by atoms with Crippen LogP contribution >= 0.6 is 7.82 Å². The van der Waals surface area contributed by atoms with Gasteiger partial charge < -0.3 is 9.79 Å². The lowest BCUT2D eigenvalue weighted by Crippen LogP contribution is -2.34. The third-order valence-electron chi connectivity index (χ3n) is 2.68. The number of hydrogen-bond donors (Lipinski definition) is 2. The van der Waals surface area contributed by atoms with Crippen molar-refractivity contribution in [3.8, 4) is 0 Å².